The number of hydrogen-bond donors (Lipinski definition) is 1. The van der Waals surface area contributed by atoms with Crippen LogP contribution in [-0.4, -0.2) is 21.3 Å². The molecule has 5 nitrogen and oxygen atoms in total. The molecule has 1 N–H and O–H groups in total. The Morgan fingerprint density at radius 1 is 1.30 bits per heavy atom. The second-order valence-corrected chi connectivity index (χ2v) is 5.69. The van der Waals surface area contributed by atoms with Crippen LogP contribution in [0, 0.1) is 5.92 Å². The summed E-state index contributed by atoms with van der Waals surface area (Å²) in [5.74, 6) is 0.559. The van der Waals surface area contributed by atoms with E-state index in [0.29, 0.717) is 24.3 Å². The van der Waals surface area contributed by atoms with Crippen molar-refractivity contribution >= 4 is 17.3 Å². The number of aromatic nitrogens is 3. The van der Waals surface area contributed by atoms with Crippen LogP contribution in [0.3, 0.4) is 0 Å². The number of pyridine rings is 1. The van der Waals surface area contributed by atoms with Crippen molar-refractivity contribution in [3.05, 3.63) is 45.5 Å². The number of halogens is 4. The smallest absolute Gasteiger partial charge is 0.382 e. The minimum Gasteiger partial charge on any atom is -0.382 e. The molecule has 122 valence electrons. The summed E-state index contributed by atoms with van der Waals surface area (Å²) >= 11 is 6.01. The number of alkyl halides is 3. The minimum atomic E-state index is -4.49. The predicted molar refractivity (Wildman–Crippen MR) is 78.9 cm³/mol. The quantitative estimate of drug-likeness (QED) is 0.925. The summed E-state index contributed by atoms with van der Waals surface area (Å²) in [4.78, 5) is 15.8. The summed E-state index contributed by atoms with van der Waals surface area (Å²) < 4.78 is 38.4. The molecule has 0 atom stereocenters. The van der Waals surface area contributed by atoms with E-state index in [1.807, 2.05) is 0 Å². The Kier molecular flexibility index (Phi) is 4.01. The van der Waals surface area contributed by atoms with Gasteiger partial charge in [-0.15, -0.1) is 0 Å². The molecule has 0 radical (unpaired) electrons. The van der Waals surface area contributed by atoms with Gasteiger partial charge >= 0.3 is 6.18 Å². The van der Waals surface area contributed by atoms with Gasteiger partial charge < -0.3 is 5.32 Å². The van der Waals surface area contributed by atoms with E-state index >= 15 is 0 Å². The molecule has 1 saturated carbocycles. The molecule has 0 aromatic carbocycles. The van der Waals surface area contributed by atoms with Crippen molar-refractivity contribution in [2.45, 2.75) is 19.0 Å². The van der Waals surface area contributed by atoms with Crippen molar-refractivity contribution in [3.63, 3.8) is 0 Å². The van der Waals surface area contributed by atoms with E-state index in [1.54, 1.807) is 0 Å². The van der Waals surface area contributed by atoms with E-state index in [-0.39, 0.29) is 10.8 Å². The summed E-state index contributed by atoms with van der Waals surface area (Å²) in [7, 11) is 0. The van der Waals surface area contributed by atoms with Crippen LogP contribution in [0.4, 0.5) is 18.9 Å². The highest BCUT2D eigenvalue weighted by Crippen LogP contribution is 2.30. The standard InChI is InChI=1S/C14H12ClF3N4O/c15-12-10(19-5-8-1-2-8)7-21-22(13(12)23)11-4-3-9(6-20-11)14(16,17)18/h3-4,6-8,19H,1-2,5H2. The summed E-state index contributed by atoms with van der Waals surface area (Å²) in [6.07, 6.45) is -0.185. The molecule has 1 aliphatic carbocycles. The largest absolute Gasteiger partial charge is 0.417 e. The van der Waals surface area contributed by atoms with Gasteiger partial charge in [0, 0.05) is 12.7 Å². The van der Waals surface area contributed by atoms with Crippen LogP contribution in [0.15, 0.2) is 29.3 Å². The molecular formula is C14H12ClF3N4O. The maximum absolute atomic E-state index is 12.5. The molecule has 0 aliphatic heterocycles. The molecule has 1 aliphatic rings. The topological polar surface area (TPSA) is 59.8 Å². The lowest BCUT2D eigenvalue weighted by molar-refractivity contribution is -0.137. The fraction of sp³-hybridized carbons (Fsp3) is 0.357. The van der Waals surface area contributed by atoms with Crippen LogP contribution >= 0.6 is 11.6 Å². The second kappa shape index (κ2) is 5.84. The number of rotatable bonds is 4. The molecule has 0 spiro atoms. The first-order valence-electron chi connectivity index (χ1n) is 6.91. The molecule has 23 heavy (non-hydrogen) atoms. The third-order valence-corrected chi connectivity index (χ3v) is 3.85. The molecule has 3 rings (SSSR count). The molecule has 1 fully saturated rings. The van der Waals surface area contributed by atoms with E-state index in [0.717, 1.165) is 29.7 Å². The lowest BCUT2D eigenvalue weighted by Gasteiger charge is -2.10. The maximum Gasteiger partial charge on any atom is 0.417 e. The molecule has 0 bridgehead atoms. The van der Waals surface area contributed by atoms with Crippen LogP contribution in [-0.2, 0) is 6.18 Å². The van der Waals surface area contributed by atoms with Crippen molar-refractivity contribution in [2.24, 2.45) is 5.92 Å². The summed E-state index contributed by atoms with van der Waals surface area (Å²) in [5, 5.41) is 6.89. The van der Waals surface area contributed by atoms with Gasteiger partial charge in [0.1, 0.15) is 5.02 Å². The molecule has 9 heteroatoms. The van der Waals surface area contributed by atoms with Crippen LogP contribution in [0.5, 0.6) is 0 Å². The SMILES string of the molecule is O=c1c(Cl)c(NCC2CC2)cnn1-c1ccc(C(F)(F)F)cn1. The average Bonchev–Trinajstić information content (AvgIpc) is 3.32. The van der Waals surface area contributed by atoms with Gasteiger partial charge in [0.05, 0.1) is 17.4 Å². The molecule has 0 amide bonds. The van der Waals surface area contributed by atoms with Crippen LogP contribution in [0.1, 0.15) is 18.4 Å². The Morgan fingerprint density at radius 3 is 2.61 bits per heavy atom. The van der Waals surface area contributed by atoms with E-state index in [4.69, 9.17) is 11.6 Å². The van der Waals surface area contributed by atoms with Gasteiger partial charge in [-0.3, -0.25) is 4.79 Å². The first-order chi connectivity index (χ1) is 10.9. The van der Waals surface area contributed by atoms with Gasteiger partial charge in [0.25, 0.3) is 5.56 Å². The Balaban J connectivity index is 1.87. The van der Waals surface area contributed by atoms with Crippen molar-refractivity contribution < 1.29 is 13.2 Å². The maximum atomic E-state index is 12.5. The Hall–Kier alpha value is -2.09. The lowest BCUT2D eigenvalue weighted by Crippen LogP contribution is -2.24. The third kappa shape index (κ3) is 3.47. The summed E-state index contributed by atoms with van der Waals surface area (Å²) in [6, 6.07) is 1.91. The highest BCUT2D eigenvalue weighted by molar-refractivity contribution is 6.32. The van der Waals surface area contributed by atoms with Gasteiger partial charge in [0.15, 0.2) is 5.82 Å². The monoisotopic (exact) mass is 344 g/mol. The fourth-order valence-corrected chi connectivity index (χ4v) is 2.17. The molecule has 2 aromatic rings. The highest BCUT2D eigenvalue weighted by Gasteiger charge is 2.30. The van der Waals surface area contributed by atoms with Gasteiger partial charge in [0.2, 0.25) is 0 Å². The summed E-state index contributed by atoms with van der Waals surface area (Å²) in [6.45, 7) is 0.712. The van der Waals surface area contributed by atoms with Crippen molar-refractivity contribution in [1.29, 1.82) is 0 Å². The fourth-order valence-electron chi connectivity index (χ4n) is 1.97. The van der Waals surface area contributed by atoms with E-state index < -0.39 is 17.3 Å². The zero-order chi connectivity index (χ0) is 16.6. The Morgan fingerprint density at radius 2 is 2.04 bits per heavy atom. The highest BCUT2D eigenvalue weighted by atomic mass is 35.5. The average molecular weight is 345 g/mol. The second-order valence-electron chi connectivity index (χ2n) is 5.32. The molecular weight excluding hydrogens is 333 g/mol. The van der Waals surface area contributed by atoms with Crippen LogP contribution < -0.4 is 10.9 Å². The third-order valence-electron chi connectivity index (χ3n) is 3.49. The number of nitrogens with zero attached hydrogens (tertiary/aromatic N) is 3. The van der Waals surface area contributed by atoms with Crippen LogP contribution in [0.25, 0.3) is 5.82 Å². The first kappa shape index (κ1) is 15.8. The number of anilines is 1. The zero-order valence-electron chi connectivity index (χ0n) is 11.8. The number of nitrogens with one attached hydrogen (secondary N) is 1. The van der Waals surface area contributed by atoms with Gasteiger partial charge in [-0.05, 0) is 30.9 Å². The van der Waals surface area contributed by atoms with E-state index in [9.17, 15) is 18.0 Å². The van der Waals surface area contributed by atoms with Gasteiger partial charge in [-0.2, -0.15) is 23.0 Å². The van der Waals surface area contributed by atoms with Crippen LogP contribution in [0.2, 0.25) is 5.02 Å². The molecule has 2 aromatic heterocycles. The Labute approximate surface area is 134 Å². The first-order valence-corrected chi connectivity index (χ1v) is 7.29. The molecule has 0 unspecified atom stereocenters. The van der Waals surface area contributed by atoms with Gasteiger partial charge in [-0.25, -0.2) is 4.98 Å². The van der Waals surface area contributed by atoms with Crippen molar-refractivity contribution in [1.82, 2.24) is 14.8 Å². The molecule has 0 saturated heterocycles. The van der Waals surface area contributed by atoms with Crippen molar-refractivity contribution in [3.8, 4) is 5.82 Å². The predicted octanol–water partition coefficient (Wildman–Crippen LogP) is 3.12. The normalized spacial score (nSPS) is 14.8. The number of hydrogen-bond acceptors (Lipinski definition) is 4. The van der Waals surface area contributed by atoms with E-state index in [2.05, 4.69) is 15.4 Å². The zero-order valence-corrected chi connectivity index (χ0v) is 12.5. The minimum absolute atomic E-state index is 0.0290. The lowest BCUT2D eigenvalue weighted by atomic mass is 10.3. The van der Waals surface area contributed by atoms with Crippen molar-refractivity contribution in [2.75, 3.05) is 11.9 Å². The Bertz CT molecular complexity index is 769. The van der Waals surface area contributed by atoms with Gasteiger partial charge in [-0.1, -0.05) is 11.6 Å². The molecule has 2 heterocycles. The summed E-state index contributed by atoms with van der Waals surface area (Å²) in [5.41, 5.74) is -1.13. The van der Waals surface area contributed by atoms with E-state index in [1.165, 1.54) is 6.20 Å².